The summed E-state index contributed by atoms with van der Waals surface area (Å²) in [6.45, 7) is 0.908. The fraction of sp³-hybridized carbons (Fsp3) is 0.333. The monoisotopic (exact) mass is 132 g/mol. The first-order chi connectivity index (χ1) is 4.95. The molecular formula is C9H8O. The van der Waals surface area contributed by atoms with Gasteiger partial charge in [-0.25, -0.2) is 0 Å². The lowest BCUT2D eigenvalue weighted by Crippen LogP contribution is -2.21. The Balaban J connectivity index is 2.30. The predicted octanol–water partition coefficient (Wildman–Crippen LogP) is 1.91. The number of ether oxygens (including phenoxy) is 1. The van der Waals surface area contributed by atoms with Crippen molar-refractivity contribution >= 4 is 0 Å². The molecule has 1 aliphatic heterocycles. The fourth-order valence-electron chi connectivity index (χ4n) is 1.88. The number of rotatable bonds is 0. The molecule has 0 spiro atoms. The second kappa shape index (κ2) is 1.36. The maximum Gasteiger partial charge on any atom is 0.123 e. The van der Waals surface area contributed by atoms with Crippen LogP contribution < -0.4 is 4.74 Å². The molecule has 1 heterocycles. The van der Waals surface area contributed by atoms with Crippen LogP contribution in [0.2, 0.25) is 0 Å². The van der Waals surface area contributed by atoms with E-state index in [-0.39, 0.29) is 0 Å². The van der Waals surface area contributed by atoms with Gasteiger partial charge in [0.15, 0.2) is 0 Å². The van der Waals surface area contributed by atoms with E-state index in [2.05, 4.69) is 18.2 Å². The van der Waals surface area contributed by atoms with Crippen molar-refractivity contribution in [3.63, 3.8) is 0 Å². The lowest BCUT2D eigenvalue weighted by atomic mass is 9.77. The number of hydrogen-bond acceptors (Lipinski definition) is 1. The van der Waals surface area contributed by atoms with Gasteiger partial charge in [-0.1, -0.05) is 12.1 Å². The highest BCUT2D eigenvalue weighted by Gasteiger charge is 2.30. The lowest BCUT2D eigenvalue weighted by molar-refractivity contribution is 0.269. The van der Waals surface area contributed by atoms with E-state index in [1.165, 1.54) is 17.5 Å². The average Bonchev–Trinajstić information content (AvgIpc) is 1.96. The van der Waals surface area contributed by atoms with Crippen molar-refractivity contribution in [2.24, 2.45) is 0 Å². The first-order valence-corrected chi connectivity index (χ1v) is 3.72. The molecule has 0 aromatic heterocycles. The van der Waals surface area contributed by atoms with Crippen molar-refractivity contribution in [2.45, 2.75) is 12.3 Å². The number of hydrogen-bond donors (Lipinski definition) is 0. The molecule has 1 nitrogen and oxygen atoms in total. The smallest absolute Gasteiger partial charge is 0.123 e. The largest absolute Gasteiger partial charge is 0.493 e. The highest BCUT2D eigenvalue weighted by molar-refractivity contribution is 5.54. The van der Waals surface area contributed by atoms with Crippen LogP contribution in [0.25, 0.3) is 0 Å². The van der Waals surface area contributed by atoms with E-state index >= 15 is 0 Å². The standard InChI is InChI=1S/C9H8O/c1-2-9-8-5-6(1)7(8)3-4-10-9/h1-2,5,7H,3-4H2. The van der Waals surface area contributed by atoms with Crippen LogP contribution in [-0.4, -0.2) is 6.61 Å². The van der Waals surface area contributed by atoms with Crippen LogP contribution in [0.1, 0.15) is 23.5 Å². The minimum absolute atomic E-state index is 0.744. The molecular weight excluding hydrogens is 124 g/mol. The normalized spacial score (nSPS) is 25.0. The van der Waals surface area contributed by atoms with Crippen molar-refractivity contribution in [3.05, 3.63) is 29.3 Å². The molecule has 10 heavy (non-hydrogen) atoms. The average molecular weight is 132 g/mol. The zero-order valence-corrected chi connectivity index (χ0v) is 5.63. The Labute approximate surface area is 59.6 Å². The summed E-state index contributed by atoms with van der Waals surface area (Å²) in [6, 6.07) is 6.49. The van der Waals surface area contributed by atoms with Crippen molar-refractivity contribution in [1.82, 2.24) is 0 Å². The Morgan fingerprint density at radius 2 is 2.40 bits per heavy atom. The Morgan fingerprint density at radius 3 is 3.10 bits per heavy atom. The highest BCUT2D eigenvalue weighted by Crippen LogP contribution is 2.46. The van der Waals surface area contributed by atoms with Crippen molar-refractivity contribution in [3.8, 4) is 5.75 Å². The van der Waals surface area contributed by atoms with Crippen LogP contribution in [0.4, 0.5) is 0 Å². The summed E-state index contributed by atoms with van der Waals surface area (Å²) in [5.41, 5.74) is 2.94. The second-order valence-corrected chi connectivity index (χ2v) is 2.99. The van der Waals surface area contributed by atoms with Crippen LogP contribution in [-0.2, 0) is 0 Å². The van der Waals surface area contributed by atoms with E-state index in [4.69, 9.17) is 4.74 Å². The van der Waals surface area contributed by atoms with Crippen LogP contribution in [0, 0.1) is 0 Å². The van der Waals surface area contributed by atoms with Crippen molar-refractivity contribution in [1.29, 1.82) is 0 Å². The summed E-state index contributed by atoms with van der Waals surface area (Å²) >= 11 is 0. The molecule has 50 valence electrons. The van der Waals surface area contributed by atoms with E-state index in [0.717, 1.165) is 18.3 Å². The van der Waals surface area contributed by atoms with Gasteiger partial charge in [0.25, 0.3) is 0 Å². The van der Waals surface area contributed by atoms with Gasteiger partial charge in [-0.15, -0.1) is 0 Å². The molecule has 4 bridgehead atoms. The first-order valence-electron chi connectivity index (χ1n) is 3.72. The van der Waals surface area contributed by atoms with Crippen LogP contribution >= 0.6 is 0 Å². The Morgan fingerprint density at radius 1 is 1.40 bits per heavy atom. The minimum Gasteiger partial charge on any atom is -0.493 e. The van der Waals surface area contributed by atoms with Gasteiger partial charge in [-0.05, 0) is 18.1 Å². The van der Waals surface area contributed by atoms with E-state index in [9.17, 15) is 0 Å². The van der Waals surface area contributed by atoms with E-state index in [1.807, 2.05) is 0 Å². The predicted molar refractivity (Wildman–Crippen MR) is 38.4 cm³/mol. The molecule has 3 aliphatic rings. The zero-order valence-electron chi connectivity index (χ0n) is 5.63. The van der Waals surface area contributed by atoms with E-state index in [0.29, 0.717) is 0 Å². The summed E-state index contributed by atoms with van der Waals surface area (Å²) in [6.07, 6.45) is 1.19. The summed E-state index contributed by atoms with van der Waals surface area (Å²) in [5, 5.41) is 0. The topological polar surface area (TPSA) is 9.23 Å². The molecule has 0 N–H and O–H groups in total. The third-order valence-corrected chi connectivity index (χ3v) is 2.48. The van der Waals surface area contributed by atoms with Gasteiger partial charge in [-0.2, -0.15) is 0 Å². The highest BCUT2D eigenvalue weighted by atomic mass is 16.5. The lowest BCUT2D eigenvalue weighted by Gasteiger charge is -2.34. The molecule has 1 aromatic rings. The molecule has 0 fully saturated rings. The Kier molecular flexibility index (Phi) is 0.652. The Bertz CT molecular complexity index is 282. The van der Waals surface area contributed by atoms with E-state index in [1.54, 1.807) is 0 Å². The molecule has 1 aromatic carbocycles. The third kappa shape index (κ3) is 0.376. The van der Waals surface area contributed by atoms with Gasteiger partial charge in [-0.3, -0.25) is 0 Å². The maximum atomic E-state index is 5.45. The van der Waals surface area contributed by atoms with Crippen molar-refractivity contribution < 1.29 is 4.74 Å². The van der Waals surface area contributed by atoms with E-state index < -0.39 is 0 Å². The molecule has 1 unspecified atom stereocenters. The third-order valence-electron chi connectivity index (χ3n) is 2.48. The van der Waals surface area contributed by atoms with Gasteiger partial charge >= 0.3 is 0 Å². The molecule has 0 saturated heterocycles. The summed E-state index contributed by atoms with van der Waals surface area (Å²) in [4.78, 5) is 0. The van der Waals surface area contributed by atoms with Gasteiger partial charge < -0.3 is 4.74 Å². The van der Waals surface area contributed by atoms with Crippen LogP contribution in [0.3, 0.4) is 0 Å². The molecule has 2 aliphatic carbocycles. The molecule has 0 saturated carbocycles. The summed E-state index contributed by atoms with van der Waals surface area (Å²) in [5.74, 6) is 1.86. The molecule has 0 amide bonds. The number of benzene rings is 1. The van der Waals surface area contributed by atoms with Crippen LogP contribution in [0.15, 0.2) is 18.2 Å². The fourth-order valence-corrected chi connectivity index (χ4v) is 1.88. The van der Waals surface area contributed by atoms with Gasteiger partial charge in [0.2, 0.25) is 0 Å². The SMILES string of the molecule is C1=CC2=C3C=C1C3CCO2. The first kappa shape index (κ1) is 4.78. The minimum atomic E-state index is 0.744. The van der Waals surface area contributed by atoms with Gasteiger partial charge in [0.1, 0.15) is 5.75 Å². The molecule has 1 atom stereocenters. The molecule has 1 heteroatoms. The van der Waals surface area contributed by atoms with Gasteiger partial charge in [0, 0.05) is 11.5 Å². The molecule has 4 rings (SSSR count). The molecule has 0 radical (unpaired) electrons. The van der Waals surface area contributed by atoms with Crippen molar-refractivity contribution in [2.75, 3.05) is 6.61 Å². The quantitative estimate of drug-likeness (QED) is 0.524. The number of fused-ring (bicyclic) bond motifs is 1. The second-order valence-electron chi connectivity index (χ2n) is 2.99. The van der Waals surface area contributed by atoms with Crippen LogP contribution in [0.5, 0.6) is 5.75 Å². The summed E-state index contributed by atoms with van der Waals surface area (Å²) in [7, 11) is 0. The Hall–Kier alpha value is -0.980. The zero-order chi connectivity index (χ0) is 6.55. The van der Waals surface area contributed by atoms with Gasteiger partial charge in [0.05, 0.1) is 6.61 Å². The maximum absolute atomic E-state index is 5.45. The summed E-state index contributed by atoms with van der Waals surface area (Å²) < 4.78 is 5.45.